The molecule has 1 rings (SSSR count). The van der Waals surface area contributed by atoms with Crippen molar-refractivity contribution in [2.45, 2.75) is 19.3 Å². The Balaban J connectivity index is 2.11. The number of nitrogens with two attached hydrogens (primary N) is 1. The van der Waals surface area contributed by atoms with Crippen LogP contribution in [0.1, 0.15) is 18.6 Å². The number of furan rings is 1. The van der Waals surface area contributed by atoms with Gasteiger partial charge in [0.2, 0.25) is 5.91 Å². The molecule has 0 bridgehead atoms. The Morgan fingerprint density at radius 3 is 2.93 bits per heavy atom. The average molecular weight is 226 g/mol. The van der Waals surface area contributed by atoms with Crippen molar-refractivity contribution in [3.05, 3.63) is 24.2 Å². The minimum absolute atomic E-state index is 0.0114. The second-order valence-corrected chi connectivity index (χ2v) is 3.67. The Morgan fingerprint density at radius 1 is 1.53 bits per heavy atom. The van der Waals surface area contributed by atoms with Crippen LogP contribution >= 0.6 is 12.2 Å². The Morgan fingerprint density at radius 2 is 2.33 bits per heavy atom. The van der Waals surface area contributed by atoms with E-state index in [4.69, 9.17) is 10.2 Å². The lowest BCUT2D eigenvalue weighted by Crippen LogP contribution is -2.27. The highest BCUT2D eigenvalue weighted by atomic mass is 32.1. The first-order chi connectivity index (χ1) is 7.18. The van der Waals surface area contributed by atoms with Gasteiger partial charge in [0.1, 0.15) is 5.76 Å². The van der Waals surface area contributed by atoms with Crippen molar-refractivity contribution in [2.24, 2.45) is 5.73 Å². The Kier molecular flexibility index (Phi) is 4.83. The molecule has 5 heteroatoms. The standard InChI is InChI=1S/C10H14N2O2S/c11-9(15)5-6-12-10(13)4-3-8-2-1-7-14-8/h1-2,7H,3-6H2,(H2,11,15)(H,12,13). The summed E-state index contributed by atoms with van der Waals surface area (Å²) in [5.41, 5.74) is 5.29. The summed E-state index contributed by atoms with van der Waals surface area (Å²) < 4.78 is 5.11. The fraction of sp³-hybridized carbons (Fsp3) is 0.400. The van der Waals surface area contributed by atoms with Gasteiger partial charge in [-0.1, -0.05) is 12.2 Å². The van der Waals surface area contributed by atoms with Crippen LogP contribution in [0.2, 0.25) is 0 Å². The number of carbonyl (C=O) groups is 1. The summed E-state index contributed by atoms with van der Waals surface area (Å²) in [4.78, 5) is 11.7. The largest absolute Gasteiger partial charge is 0.469 e. The number of carbonyl (C=O) groups excluding carboxylic acids is 1. The van der Waals surface area contributed by atoms with E-state index in [0.717, 1.165) is 5.76 Å². The Hall–Kier alpha value is -1.36. The van der Waals surface area contributed by atoms with Crippen molar-refractivity contribution >= 4 is 23.1 Å². The topological polar surface area (TPSA) is 68.3 Å². The minimum atomic E-state index is -0.0114. The number of nitrogens with one attached hydrogen (secondary N) is 1. The molecule has 0 saturated carbocycles. The van der Waals surface area contributed by atoms with E-state index in [1.165, 1.54) is 0 Å². The fourth-order valence-electron chi connectivity index (χ4n) is 1.11. The maximum Gasteiger partial charge on any atom is 0.220 e. The molecule has 0 saturated heterocycles. The van der Waals surface area contributed by atoms with E-state index in [1.54, 1.807) is 12.3 Å². The summed E-state index contributed by atoms with van der Waals surface area (Å²) in [7, 11) is 0. The minimum Gasteiger partial charge on any atom is -0.469 e. The van der Waals surface area contributed by atoms with Crippen LogP contribution in [-0.2, 0) is 11.2 Å². The predicted molar refractivity (Wildman–Crippen MR) is 61.4 cm³/mol. The molecule has 1 amide bonds. The molecule has 0 unspecified atom stereocenters. The molecule has 4 nitrogen and oxygen atoms in total. The summed E-state index contributed by atoms with van der Waals surface area (Å²) in [6.45, 7) is 0.506. The molecule has 15 heavy (non-hydrogen) atoms. The normalized spacial score (nSPS) is 9.87. The molecule has 82 valence electrons. The number of amides is 1. The van der Waals surface area contributed by atoms with Gasteiger partial charge in [0.25, 0.3) is 0 Å². The zero-order valence-electron chi connectivity index (χ0n) is 8.36. The highest BCUT2D eigenvalue weighted by Gasteiger charge is 2.03. The maximum absolute atomic E-state index is 11.3. The molecule has 3 N–H and O–H groups in total. The lowest BCUT2D eigenvalue weighted by atomic mass is 10.2. The predicted octanol–water partition coefficient (Wildman–Crippen LogP) is 1.00. The van der Waals surface area contributed by atoms with E-state index in [2.05, 4.69) is 17.5 Å². The average Bonchev–Trinajstić information content (AvgIpc) is 2.66. The molecular weight excluding hydrogens is 212 g/mol. The van der Waals surface area contributed by atoms with Crippen LogP contribution in [0.25, 0.3) is 0 Å². The molecule has 0 fully saturated rings. The van der Waals surface area contributed by atoms with E-state index >= 15 is 0 Å². The monoisotopic (exact) mass is 226 g/mol. The van der Waals surface area contributed by atoms with Crippen LogP contribution in [0.5, 0.6) is 0 Å². The molecule has 0 aromatic carbocycles. The third-order valence-electron chi connectivity index (χ3n) is 1.87. The van der Waals surface area contributed by atoms with Crippen LogP contribution in [0.3, 0.4) is 0 Å². The molecular formula is C10H14N2O2S. The molecule has 0 aliphatic heterocycles. The summed E-state index contributed by atoms with van der Waals surface area (Å²) in [5.74, 6) is 0.808. The lowest BCUT2D eigenvalue weighted by Gasteiger charge is -2.02. The number of thiocarbonyl (C=S) groups is 1. The van der Waals surface area contributed by atoms with Crippen molar-refractivity contribution in [1.29, 1.82) is 0 Å². The summed E-state index contributed by atoms with van der Waals surface area (Å²) in [6.07, 6.45) is 3.18. The summed E-state index contributed by atoms with van der Waals surface area (Å²) >= 11 is 4.69. The van der Waals surface area contributed by atoms with Gasteiger partial charge in [-0.2, -0.15) is 0 Å². The van der Waals surface area contributed by atoms with Gasteiger partial charge in [0, 0.05) is 25.8 Å². The van der Waals surface area contributed by atoms with Crippen molar-refractivity contribution in [2.75, 3.05) is 6.54 Å². The first-order valence-corrected chi connectivity index (χ1v) is 5.16. The lowest BCUT2D eigenvalue weighted by molar-refractivity contribution is -0.121. The molecule has 0 aliphatic carbocycles. The van der Waals surface area contributed by atoms with E-state index in [-0.39, 0.29) is 5.91 Å². The third-order valence-corrected chi connectivity index (χ3v) is 2.08. The van der Waals surface area contributed by atoms with Crippen LogP contribution in [-0.4, -0.2) is 17.4 Å². The number of hydrogen-bond donors (Lipinski definition) is 2. The van der Waals surface area contributed by atoms with Crippen LogP contribution in [0.4, 0.5) is 0 Å². The smallest absolute Gasteiger partial charge is 0.220 e. The van der Waals surface area contributed by atoms with Crippen molar-refractivity contribution in [1.82, 2.24) is 5.32 Å². The van der Waals surface area contributed by atoms with E-state index in [1.807, 2.05) is 6.07 Å². The highest BCUT2D eigenvalue weighted by molar-refractivity contribution is 7.80. The zero-order valence-corrected chi connectivity index (χ0v) is 9.18. The van der Waals surface area contributed by atoms with Gasteiger partial charge >= 0.3 is 0 Å². The quantitative estimate of drug-likeness (QED) is 0.710. The van der Waals surface area contributed by atoms with Crippen LogP contribution in [0, 0.1) is 0 Å². The Labute approximate surface area is 93.8 Å². The third kappa shape index (κ3) is 5.17. The summed E-state index contributed by atoms with van der Waals surface area (Å²) in [6, 6.07) is 3.66. The molecule has 1 heterocycles. The van der Waals surface area contributed by atoms with E-state index in [9.17, 15) is 4.79 Å². The van der Waals surface area contributed by atoms with Gasteiger partial charge < -0.3 is 15.5 Å². The number of hydrogen-bond acceptors (Lipinski definition) is 3. The fourth-order valence-corrected chi connectivity index (χ4v) is 1.21. The van der Waals surface area contributed by atoms with Crippen molar-refractivity contribution in [3.8, 4) is 0 Å². The van der Waals surface area contributed by atoms with Gasteiger partial charge in [0.15, 0.2) is 0 Å². The second-order valence-electron chi connectivity index (χ2n) is 3.15. The zero-order chi connectivity index (χ0) is 11.1. The molecule has 0 aliphatic rings. The molecule has 0 radical (unpaired) electrons. The van der Waals surface area contributed by atoms with Crippen molar-refractivity contribution < 1.29 is 9.21 Å². The second kappa shape index (κ2) is 6.19. The van der Waals surface area contributed by atoms with E-state index < -0.39 is 0 Å². The molecule has 0 spiro atoms. The van der Waals surface area contributed by atoms with Gasteiger partial charge in [-0.15, -0.1) is 0 Å². The first-order valence-electron chi connectivity index (χ1n) is 4.76. The molecule has 0 atom stereocenters. The first kappa shape index (κ1) is 11.7. The van der Waals surface area contributed by atoms with E-state index in [0.29, 0.717) is 30.8 Å². The number of rotatable bonds is 6. The highest BCUT2D eigenvalue weighted by Crippen LogP contribution is 2.02. The molecule has 1 aromatic rings. The van der Waals surface area contributed by atoms with Gasteiger partial charge in [-0.05, 0) is 12.1 Å². The van der Waals surface area contributed by atoms with Gasteiger partial charge in [0.05, 0.1) is 11.3 Å². The van der Waals surface area contributed by atoms with Crippen LogP contribution < -0.4 is 11.1 Å². The Bertz CT molecular complexity index is 322. The molecule has 1 aromatic heterocycles. The van der Waals surface area contributed by atoms with Gasteiger partial charge in [-0.3, -0.25) is 4.79 Å². The summed E-state index contributed by atoms with van der Waals surface area (Å²) in [5, 5.41) is 2.73. The number of aryl methyl sites for hydroxylation is 1. The SMILES string of the molecule is NC(=S)CCNC(=O)CCc1ccco1. The van der Waals surface area contributed by atoms with Gasteiger partial charge in [-0.25, -0.2) is 0 Å². The van der Waals surface area contributed by atoms with Crippen LogP contribution in [0.15, 0.2) is 22.8 Å². The van der Waals surface area contributed by atoms with Crippen molar-refractivity contribution in [3.63, 3.8) is 0 Å². The maximum atomic E-state index is 11.3.